The standard InChI is InChI=1S/C11H11NO7/c1-17-9-5-7(11(14)19-3)6(10(13)18-2)4-8(9)12(15)16/h4-5H,1-3H3. The van der Waals surface area contributed by atoms with Crippen molar-refractivity contribution in [3.05, 3.63) is 33.4 Å². The number of hydrogen-bond acceptors (Lipinski definition) is 7. The molecule has 0 aromatic heterocycles. The first kappa shape index (κ1) is 14.4. The van der Waals surface area contributed by atoms with Gasteiger partial charge in [-0.3, -0.25) is 10.1 Å². The Morgan fingerprint density at radius 2 is 1.53 bits per heavy atom. The molecule has 102 valence electrons. The predicted octanol–water partition coefficient (Wildman–Crippen LogP) is 1.18. The topological polar surface area (TPSA) is 105 Å². The van der Waals surface area contributed by atoms with Gasteiger partial charge in [-0.25, -0.2) is 9.59 Å². The molecular formula is C11H11NO7. The lowest BCUT2D eigenvalue weighted by molar-refractivity contribution is -0.385. The number of ether oxygens (including phenoxy) is 3. The van der Waals surface area contributed by atoms with Crippen LogP contribution in [-0.4, -0.2) is 38.2 Å². The van der Waals surface area contributed by atoms with E-state index >= 15 is 0 Å². The monoisotopic (exact) mass is 269 g/mol. The minimum atomic E-state index is -0.883. The van der Waals surface area contributed by atoms with Crippen LogP contribution in [-0.2, 0) is 9.47 Å². The molecule has 0 fully saturated rings. The van der Waals surface area contributed by atoms with Crippen LogP contribution >= 0.6 is 0 Å². The second-order valence-corrected chi connectivity index (χ2v) is 3.31. The Kier molecular flexibility index (Phi) is 4.41. The van der Waals surface area contributed by atoms with Gasteiger partial charge in [0, 0.05) is 12.1 Å². The highest BCUT2D eigenvalue weighted by atomic mass is 16.6. The number of carbonyl (C=O) groups excluding carboxylic acids is 2. The number of benzene rings is 1. The smallest absolute Gasteiger partial charge is 0.338 e. The zero-order valence-corrected chi connectivity index (χ0v) is 10.5. The van der Waals surface area contributed by atoms with E-state index in [9.17, 15) is 19.7 Å². The van der Waals surface area contributed by atoms with Gasteiger partial charge in [-0.1, -0.05) is 0 Å². The minimum absolute atomic E-state index is 0.155. The van der Waals surface area contributed by atoms with Crippen molar-refractivity contribution < 1.29 is 28.7 Å². The Hall–Kier alpha value is -2.64. The van der Waals surface area contributed by atoms with E-state index in [1.807, 2.05) is 0 Å². The number of nitro benzene ring substituents is 1. The number of hydrogen-bond donors (Lipinski definition) is 0. The second-order valence-electron chi connectivity index (χ2n) is 3.31. The molecule has 0 saturated heterocycles. The molecule has 0 unspecified atom stereocenters. The van der Waals surface area contributed by atoms with Gasteiger partial charge < -0.3 is 14.2 Å². The van der Waals surface area contributed by atoms with Crippen LogP contribution in [0.4, 0.5) is 5.69 Å². The van der Waals surface area contributed by atoms with E-state index in [-0.39, 0.29) is 16.9 Å². The molecule has 19 heavy (non-hydrogen) atoms. The summed E-state index contributed by atoms with van der Waals surface area (Å²) in [6.45, 7) is 0. The fourth-order valence-electron chi connectivity index (χ4n) is 1.43. The van der Waals surface area contributed by atoms with E-state index in [2.05, 4.69) is 9.47 Å². The van der Waals surface area contributed by atoms with E-state index in [0.717, 1.165) is 26.4 Å². The first-order valence-electron chi connectivity index (χ1n) is 4.99. The van der Waals surface area contributed by atoms with Crippen molar-refractivity contribution in [3.8, 4) is 5.75 Å². The summed E-state index contributed by atoms with van der Waals surface area (Å²) >= 11 is 0. The molecule has 1 aromatic rings. The molecule has 0 spiro atoms. The van der Waals surface area contributed by atoms with Crippen LogP contribution in [0.15, 0.2) is 12.1 Å². The number of nitro groups is 1. The van der Waals surface area contributed by atoms with Crippen LogP contribution in [0.3, 0.4) is 0 Å². The number of methoxy groups -OCH3 is 3. The third kappa shape index (κ3) is 2.79. The molecule has 0 aliphatic heterocycles. The summed E-state index contributed by atoms with van der Waals surface area (Å²) in [6, 6.07) is 1.98. The summed E-state index contributed by atoms with van der Waals surface area (Å²) in [5, 5.41) is 10.9. The molecule has 8 heteroatoms. The highest BCUT2D eigenvalue weighted by Crippen LogP contribution is 2.31. The average molecular weight is 269 g/mol. The van der Waals surface area contributed by atoms with Crippen molar-refractivity contribution in [1.82, 2.24) is 0 Å². The third-order valence-corrected chi connectivity index (χ3v) is 2.33. The molecule has 0 atom stereocenters. The van der Waals surface area contributed by atoms with Gasteiger partial charge in [0.05, 0.1) is 37.4 Å². The molecule has 0 N–H and O–H groups in total. The van der Waals surface area contributed by atoms with Gasteiger partial charge in [0.25, 0.3) is 0 Å². The van der Waals surface area contributed by atoms with Crippen molar-refractivity contribution >= 4 is 17.6 Å². The fraction of sp³-hybridized carbons (Fsp3) is 0.273. The maximum Gasteiger partial charge on any atom is 0.338 e. The molecule has 1 aromatic carbocycles. The number of nitrogens with zero attached hydrogens (tertiary/aromatic N) is 1. The Bertz CT molecular complexity index is 538. The summed E-state index contributed by atoms with van der Waals surface area (Å²) in [7, 11) is 3.43. The lowest BCUT2D eigenvalue weighted by atomic mass is 10.1. The first-order valence-corrected chi connectivity index (χ1v) is 4.99. The summed E-state index contributed by atoms with van der Waals surface area (Å²) in [5.74, 6) is -1.86. The van der Waals surface area contributed by atoms with Gasteiger partial charge in [-0.2, -0.15) is 0 Å². The SMILES string of the molecule is COC(=O)c1cc(OC)c([N+](=O)[O-])cc1C(=O)OC. The van der Waals surface area contributed by atoms with Crippen LogP contribution in [0.25, 0.3) is 0 Å². The van der Waals surface area contributed by atoms with E-state index < -0.39 is 22.5 Å². The highest BCUT2D eigenvalue weighted by molar-refractivity contribution is 6.04. The van der Waals surface area contributed by atoms with Crippen molar-refractivity contribution in [3.63, 3.8) is 0 Å². The molecule has 0 heterocycles. The third-order valence-electron chi connectivity index (χ3n) is 2.33. The minimum Gasteiger partial charge on any atom is -0.490 e. The van der Waals surface area contributed by atoms with Gasteiger partial charge >= 0.3 is 17.6 Å². The van der Waals surface area contributed by atoms with Crippen LogP contribution in [0.5, 0.6) is 5.75 Å². The summed E-state index contributed by atoms with van der Waals surface area (Å²) in [5.41, 5.74) is -0.880. The zero-order valence-electron chi connectivity index (χ0n) is 10.5. The van der Waals surface area contributed by atoms with Crippen LogP contribution in [0.1, 0.15) is 20.7 Å². The molecule has 0 saturated carbocycles. The van der Waals surface area contributed by atoms with Crippen LogP contribution in [0, 0.1) is 10.1 Å². The van der Waals surface area contributed by atoms with Crippen LogP contribution in [0.2, 0.25) is 0 Å². The number of carbonyl (C=O) groups is 2. The van der Waals surface area contributed by atoms with Gasteiger partial charge in [-0.05, 0) is 0 Å². The molecule has 0 radical (unpaired) electrons. The molecular weight excluding hydrogens is 258 g/mol. The summed E-state index contributed by atoms with van der Waals surface area (Å²) in [4.78, 5) is 33.2. The fourth-order valence-corrected chi connectivity index (χ4v) is 1.43. The highest BCUT2D eigenvalue weighted by Gasteiger charge is 2.26. The van der Waals surface area contributed by atoms with Crippen LogP contribution < -0.4 is 4.74 Å². The Balaban J connectivity index is 3.57. The van der Waals surface area contributed by atoms with Gasteiger partial charge in [0.1, 0.15) is 0 Å². The average Bonchev–Trinajstić information content (AvgIpc) is 2.43. The Morgan fingerprint density at radius 1 is 1.05 bits per heavy atom. The molecule has 0 amide bonds. The van der Waals surface area contributed by atoms with Crippen molar-refractivity contribution in [1.29, 1.82) is 0 Å². The normalized spacial score (nSPS) is 9.63. The predicted molar refractivity (Wildman–Crippen MR) is 62.3 cm³/mol. The lowest BCUT2D eigenvalue weighted by Crippen LogP contribution is -2.13. The molecule has 0 bridgehead atoms. The zero-order chi connectivity index (χ0) is 14.6. The Morgan fingerprint density at radius 3 is 1.89 bits per heavy atom. The van der Waals surface area contributed by atoms with Gasteiger partial charge in [0.2, 0.25) is 0 Å². The van der Waals surface area contributed by atoms with E-state index in [4.69, 9.17) is 4.74 Å². The first-order chi connectivity index (χ1) is 8.96. The molecule has 0 aliphatic rings. The van der Waals surface area contributed by atoms with Crippen molar-refractivity contribution in [2.24, 2.45) is 0 Å². The van der Waals surface area contributed by atoms with Crippen molar-refractivity contribution in [2.45, 2.75) is 0 Å². The number of esters is 2. The van der Waals surface area contributed by atoms with Crippen molar-refractivity contribution in [2.75, 3.05) is 21.3 Å². The quantitative estimate of drug-likeness (QED) is 0.459. The van der Waals surface area contributed by atoms with Gasteiger partial charge in [0.15, 0.2) is 5.75 Å². The van der Waals surface area contributed by atoms with E-state index in [1.54, 1.807) is 0 Å². The van der Waals surface area contributed by atoms with Gasteiger partial charge in [-0.15, -0.1) is 0 Å². The molecule has 8 nitrogen and oxygen atoms in total. The van der Waals surface area contributed by atoms with E-state index in [1.165, 1.54) is 7.11 Å². The molecule has 0 aliphatic carbocycles. The van der Waals surface area contributed by atoms with E-state index in [0.29, 0.717) is 0 Å². The maximum atomic E-state index is 11.5. The largest absolute Gasteiger partial charge is 0.490 e. The number of rotatable bonds is 4. The summed E-state index contributed by atoms with van der Waals surface area (Å²) < 4.78 is 13.8. The lowest BCUT2D eigenvalue weighted by Gasteiger charge is -2.09. The summed E-state index contributed by atoms with van der Waals surface area (Å²) in [6.07, 6.45) is 0. The Labute approximate surface area is 108 Å². The second kappa shape index (κ2) is 5.80. The molecule has 1 rings (SSSR count). The maximum absolute atomic E-state index is 11.5.